The minimum Gasteiger partial charge on any atom is -0.489 e. The fourth-order valence-corrected chi connectivity index (χ4v) is 2.29. The molecule has 0 heterocycles. The van der Waals surface area contributed by atoms with Gasteiger partial charge in [-0.05, 0) is 18.1 Å². The van der Waals surface area contributed by atoms with E-state index >= 15 is 0 Å². The SMILES string of the molecule is CCCCOc1cc([N+](=O)[O-])c(C=C[N+](=O)[O-])cc1OCc1ccccc1. The minimum absolute atomic E-state index is 0.0719. The largest absolute Gasteiger partial charge is 0.489 e. The second-order valence-corrected chi connectivity index (χ2v) is 5.69. The number of nitro benzene ring substituents is 1. The average molecular weight is 372 g/mol. The first-order valence-electron chi connectivity index (χ1n) is 8.45. The van der Waals surface area contributed by atoms with E-state index in [9.17, 15) is 20.2 Å². The number of ether oxygens (including phenoxy) is 2. The van der Waals surface area contributed by atoms with Gasteiger partial charge in [0.1, 0.15) is 6.61 Å². The maximum atomic E-state index is 11.3. The molecule has 0 aliphatic heterocycles. The lowest BCUT2D eigenvalue weighted by Gasteiger charge is -2.14. The molecule has 0 unspecified atom stereocenters. The maximum Gasteiger partial charge on any atom is 0.280 e. The van der Waals surface area contributed by atoms with Crippen molar-refractivity contribution >= 4 is 11.8 Å². The zero-order valence-electron chi connectivity index (χ0n) is 14.9. The Bertz CT molecular complexity index is 820. The molecule has 27 heavy (non-hydrogen) atoms. The Hall–Kier alpha value is -3.42. The maximum absolute atomic E-state index is 11.3. The van der Waals surface area contributed by atoms with Crippen molar-refractivity contribution in [3.63, 3.8) is 0 Å². The van der Waals surface area contributed by atoms with Crippen LogP contribution in [0.4, 0.5) is 5.69 Å². The predicted molar refractivity (Wildman–Crippen MR) is 100 cm³/mol. The van der Waals surface area contributed by atoms with Gasteiger partial charge in [0.25, 0.3) is 5.69 Å². The number of benzene rings is 2. The molecule has 2 aromatic rings. The van der Waals surface area contributed by atoms with Crippen LogP contribution in [0, 0.1) is 20.2 Å². The van der Waals surface area contributed by atoms with Gasteiger partial charge in [0, 0.05) is 6.08 Å². The van der Waals surface area contributed by atoms with Crippen LogP contribution in [0.1, 0.15) is 30.9 Å². The number of nitro groups is 2. The van der Waals surface area contributed by atoms with Crippen molar-refractivity contribution in [2.45, 2.75) is 26.4 Å². The molecular formula is C19H20N2O6. The molecule has 2 rings (SSSR count). The van der Waals surface area contributed by atoms with Crippen LogP contribution < -0.4 is 9.47 Å². The van der Waals surface area contributed by atoms with Crippen LogP contribution in [0.3, 0.4) is 0 Å². The summed E-state index contributed by atoms with van der Waals surface area (Å²) in [4.78, 5) is 20.6. The van der Waals surface area contributed by atoms with Gasteiger partial charge in [0.2, 0.25) is 6.20 Å². The Kier molecular flexibility index (Phi) is 7.30. The summed E-state index contributed by atoms with van der Waals surface area (Å²) < 4.78 is 11.4. The smallest absolute Gasteiger partial charge is 0.280 e. The molecule has 0 radical (unpaired) electrons. The van der Waals surface area contributed by atoms with Gasteiger partial charge in [-0.1, -0.05) is 43.7 Å². The first-order chi connectivity index (χ1) is 13.0. The lowest BCUT2D eigenvalue weighted by Crippen LogP contribution is -2.03. The van der Waals surface area contributed by atoms with Crippen molar-refractivity contribution < 1.29 is 19.3 Å². The van der Waals surface area contributed by atoms with Gasteiger partial charge in [-0.3, -0.25) is 20.2 Å². The van der Waals surface area contributed by atoms with Crippen LogP contribution in [0.15, 0.2) is 48.7 Å². The fraction of sp³-hybridized carbons (Fsp3) is 0.263. The van der Waals surface area contributed by atoms with E-state index in [1.54, 1.807) is 0 Å². The third-order valence-electron chi connectivity index (χ3n) is 3.66. The molecule has 0 aliphatic rings. The summed E-state index contributed by atoms with van der Waals surface area (Å²) in [5.41, 5.74) is 0.701. The second kappa shape index (κ2) is 9.91. The first-order valence-corrected chi connectivity index (χ1v) is 8.45. The molecule has 0 atom stereocenters. The minimum atomic E-state index is -0.681. The van der Waals surface area contributed by atoms with E-state index in [0.717, 1.165) is 24.5 Å². The summed E-state index contributed by atoms with van der Waals surface area (Å²) in [5, 5.41) is 21.9. The van der Waals surface area contributed by atoms with Crippen molar-refractivity contribution in [3.05, 3.63) is 80.0 Å². The molecule has 142 valence electrons. The molecule has 8 heteroatoms. The van der Waals surface area contributed by atoms with Crippen molar-refractivity contribution in [2.75, 3.05) is 6.61 Å². The summed E-state index contributed by atoms with van der Waals surface area (Å²) in [6.07, 6.45) is 3.42. The fourth-order valence-electron chi connectivity index (χ4n) is 2.29. The summed E-state index contributed by atoms with van der Waals surface area (Å²) in [5.74, 6) is 0.535. The van der Waals surface area contributed by atoms with Gasteiger partial charge >= 0.3 is 0 Å². The molecule has 0 amide bonds. The first kappa shape index (κ1) is 19.9. The standard InChI is InChI=1S/C19H20N2O6/c1-2-3-11-26-19-13-17(21(24)25)16(9-10-20(22)23)12-18(19)27-14-15-7-5-4-6-8-15/h4-10,12-13H,2-3,11,14H2,1H3. The number of rotatable bonds is 10. The molecule has 0 fully saturated rings. The van der Waals surface area contributed by atoms with Crippen LogP contribution in [0.25, 0.3) is 6.08 Å². The Morgan fingerprint density at radius 2 is 1.74 bits per heavy atom. The van der Waals surface area contributed by atoms with Gasteiger partial charge in [-0.25, -0.2) is 0 Å². The highest BCUT2D eigenvalue weighted by Gasteiger charge is 2.19. The summed E-state index contributed by atoms with van der Waals surface area (Å²) in [6.45, 7) is 2.63. The van der Waals surface area contributed by atoms with Crippen molar-refractivity contribution in [1.29, 1.82) is 0 Å². The highest BCUT2D eigenvalue weighted by Crippen LogP contribution is 2.36. The second-order valence-electron chi connectivity index (χ2n) is 5.69. The van der Waals surface area contributed by atoms with Crippen molar-refractivity contribution in [1.82, 2.24) is 0 Å². The molecule has 0 bridgehead atoms. The number of unbranched alkanes of at least 4 members (excludes halogenated alkanes) is 1. The van der Waals surface area contributed by atoms with Gasteiger partial charge in [-0.15, -0.1) is 0 Å². The number of hydrogen-bond acceptors (Lipinski definition) is 6. The van der Waals surface area contributed by atoms with Gasteiger partial charge < -0.3 is 9.47 Å². The zero-order valence-corrected chi connectivity index (χ0v) is 14.9. The topological polar surface area (TPSA) is 105 Å². The third-order valence-corrected chi connectivity index (χ3v) is 3.66. The van der Waals surface area contributed by atoms with E-state index < -0.39 is 9.85 Å². The lowest BCUT2D eigenvalue weighted by molar-refractivity contribution is -0.401. The summed E-state index contributed by atoms with van der Waals surface area (Å²) in [7, 11) is 0. The van der Waals surface area contributed by atoms with E-state index in [2.05, 4.69) is 0 Å². The Balaban J connectivity index is 2.37. The van der Waals surface area contributed by atoms with Crippen molar-refractivity contribution in [3.8, 4) is 11.5 Å². The van der Waals surface area contributed by atoms with E-state index in [1.165, 1.54) is 12.1 Å². The quantitative estimate of drug-likeness (QED) is 0.343. The Morgan fingerprint density at radius 3 is 2.37 bits per heavy atom. The molecule has 0 aromatic heterocycles. The third kappa shape index (κ3) is 6.10. The van der Waals surface area contributed by atoms with Crippen LogP contribution in [0.2, 0.25) is 0 Å². The Morgan fingerprint density at radius 1 is 1.04 bits per heavy atom. The van der Waals surface area contributed by atoms with E-state index in [4.69, 9.17) is 9.47 Å². The number of hydrogen-bond donors (Lipinski definition) is 0. The number of nitrogens with zero attached hydrogens (tertiary/aromatic N) is 2. The van der Waals surface area contributed by atoms with Gasteiger partial charge in [-0.2, -0.15) is 0 Å². The van der Waals surface area contributed by atoms with Crippen LogP contribution >= 0.6 is 0 Å². The monoisotopic (exact) mass is 372 g/mol. The van der Waals surface area contributed by atoms with Crippen LogP contribution in [-0.2, 0) is 6.61 Å². The summed E-state index contributed by atoms with van der Waals surface area (Å²) in [6, 6.07) is 12.0. The lowest BCUT2D eigenvalue weighted by atomic mass is 10.1. The highest BCUT2D eigenvalue weighted by atomic mass is 16.6. The van der Waals surface area contributed by atoms with E-state index in [0.29, 0.717) is 18.6 Å². The molecule has 2 aromatic carbocycles. The Labute approximate surface area is 156 Å². The van der Waals surface area contributed by atoms with E-state index in [-0.39, 0.29) is 23.6 Å². The van der Waals surface area contributed by atoms with Gasteiger partial charge in [0.15, 0.2) is 11.5 Å². The zero-order chi connectivity index (χ0) is 19.6. The molecule has 0 N–H and O–H groups in total. The molecule has 8 nitrogen and oxygen atoms in total. The normalized spacial score (nSPS) is 10.7. The van der Waals surface area contributed by atoms with Gasteiger partial charge in [0.05, 0.1) is 28.1 Å². The molecule has 0 saturated heterocycles. The van der Waals surface area contributed by atoms with Crippen molar-refractivity contribution in [2.24, 2.45) is 0 Å². The van der Waals surface area contributed by atoms with E-state index in [1.807, 2.05) is 37.3 Å². The molecule has 0 spiro atoms. The predicted octanol–water partition coefficient (Wildman–Crippen LogP) is 4.60. The molecule has 0 aliphatic carbocycles. The average Bonchev–Trinajstić information content (AvgIpc) is 2.66. The summed E-state index contributed by atoms with van der Waals surface area (Å²) >= 11 is 0. The van der Waals surface area contributed by atoms with Crippen LogP contribution in [-0.4, -0.2) is 16.5 Å². The molecule has 0 saturated carbocycles. The highest BCUT2D eigenvalue weighted by molar-refractivity contribution is 5.66. The van der Waals surface area contributed by atoms with Crippen LogP contribution in [0.5, 0.6) is 11.5 Å². The molecular weight excluding hydrogens is 352 g/mol.